The smallest absolute Gasteiger partial charge is 0.271 e. The molecule has 0 saturated heterocycles. The number of halogens is 3. The molecular formula is C31H29Cl3N4O2S. The standard InChI is InChI=1S/C31H29Cl3N4O2S/c1-6-36(7-2)30(40)27-18(4)35-31-38(28(27)20-8-10-22(32)11-9-20)29(39)26(41-31)15-21-14-17(3)37(19(21)5)23-12-13-24(33)25(34)16-23/h8-16,28H,6-7H2,1-5H3/b26-15+/t28-/m1/s1. The van der Waals surface area contributed by atoms with Crippen molar-refractivity contribution in [2.75, 3.05) is 13.1 Å². The average molecular weight is 628 g/mol. The van der Waals surface area contributed by atoms with Crippen LogP contribution in [0.3, 0.4) is 0 Å². The lowest BCUT2D eigenvalue weighted by atomic mass is 9.94. The summed E-state index contributed by atoms with van der Waals surface area (Å²) in [7, 11) is 0. The number of amides is 1. The van der Waals surface area contributed by atoms with Gasteiger partial charge in [0.05, 0.1) is 31.9 Å². The van der Waals surface area contributed by atoms with E-state index in [4.69, 9.17) is 39.8 Å². The monoisotopic (exact) mass is 626 g/mol. The minimum atomic E-state index is -0.623. The van der Waals surface area contributed by atoms with Crippen LogP contribution in [0.2, 0.25) is 15.1 Å². The summed E-state index contributed by atoms with van der Waals surface area (Å²) in [6.45, 7) is 10.8. The van der Waals surface area contributed by atoms with Crippen molar-refractivity contribution in [3.8, 4) is 5.69 Å². The van der Waals surface area contributed by atoms with Crippen LogP contribution < -0.4 is 14.9 Å². The number of benzene rings is 2. The van der Waals surface area contributed by atoms with E-state index in [1.165, 1.54) is 11.3 Å². The van der Waals surface area contributed by atoms with Gasteiger partial charge in [0.2, 0.25) is 0 Å². The molecule has 6 nitrogen and oxygen atoms in total. The SMILES string of the molecule is CCN(CC)C(=O)C1=C(C)N=c2s/c(=C/c3cc(C)n(-c4ccc(Cl)c(Cl)c4)c3C)c(=O)n2[C@@H]1c1ccc(Cl)cc1. The second-order valence-corrected chi connectivity index (χ2v) is 12.1. The van der Waals surface area contributed by atoms with Gasteiger partial charge >= 0.3 is 0 Å². The summed E-state index contributed by atoms with van der Waals surface area (Å²) < 4.78 is 4.25. The number of carbonyl (C=O) groups is 1. The summed E-state index contributed by atoms with van der Waals surface area (Å²) in [5.41, 5.74) is 5.41. The quantitative estimate of drug-likeness (QED) is 0.246. The number of hydrogen-bond donors (Lipinski definition) is 0. The zero-order valence-corrected chi connectivity index (χ0v) is 26.4. The van der Waals surface area contributed by atoms with Crippen LogP contribution in [0.5, 0.6) is 0 Å². The molecule has 0 unspecified atom stereocenters. The molecule has 10 heteroatoms. The summed E-state index contributed by atoms with van der Waals surface area (Å²) in [5, 5.41) is 1.54. The lowest BCUT2D eigenvalue weighted by molar-refractivity contribution is -0.127. The summed E-state index contributed by atoms with van der Waals surface area (Å²) in [6, 6.07) is 14.2. The highest BCUT2D eigenvalue weighted by molar-refractivity contribution is 7.07. The number of rotatable bonds is 6. The summed E-state index contributed by atoms with van der Waals surface area (Å²) in [4.78, 5) is 34.9. The molecule has 0 spiro atoms. The van der Waals surface area contributed by atoms with Gasteiger partial charge in [0.15, 0.2) is 4.80 Å². The van der Waals surface area contributed by atoms with Gasteiger partial charge in [-0.1, -0.05) is 58.3 Å². The third kappa shape index (κ3) is 5.32. The minimum Gasteiger partial charge on any atom is -0.339 e. The number of carbonyl (C=O) groups excluding carboxylic acids is 1. The topological polar surface area (TPSA) is 59.6 Å². The fraction of sp³-hybridized carbons (Fsp3) is 0.258. The van der Waals surface area contributed by atoms with Gasteiger partial charge < -0.3 is 9.47 Å². The predicted molar refractivity (Wildman–Crippen MR) is 168 cm³/mol. The Morgan fingerprint density at radius 1 is 1.00 bits per heavy atom. The molecule has 5 rings (SSSR count). The van der Waals surface area contributed by atoms with Crippen LogP contribution in [0, 0.1) is 13.8 Å². The highest BCUT2D eigenvalue weighted by atomic mass is 35.5. The first kappa shape index (κ1) is 29.4. The number of nitrogens with zero attached hydrogens (tertiary/aromatic N) is 4. The van der Waals surface area contributed by atoms with Crippen LogP contribution in [0.25, 0.3) is 11.8 Å². The van der Waals surface area contributed by atoms with E-state index in [9.17, 15) is 9.59 Å². The summed E-state index contributed by atoms with van der Waals surface area (Å²) in [5.74, 6) is -0.129. The molecule has 0 N–H and O–H groups in total. The molecule has 0 aliphatic carbocycles. The van der Waals surface area contributed by atoms with Crippen molar-refractivity contribution >= 4 is 58.1 Å². The first-order chi connectivity index (χ1) is 19.5. The van der Waals surface area contributed by atoms with Crippen LogP contribution in [-0.2, 0) is 4.79 Å². The number of aromatic nitrogens is 2. The Hall–Kier alpha value is -3.10. The molecule has 4 aromatic rings. The summed E-state index contributed by atoms with van der Waals surface area (Å²) in [6.07, 6.45) is 1.89. The molecule has 212 valence electrons. The van der Waals surface area contributed by atoms with Crippen LogP contribution in [0.15, 0.2) is 69.6 Å². The Morgan fingerprint density at radius 3 is 2.32 bits per heavy atom. The van der Waals surface area contributed by atoms with E-state index < -0.39 is 6.04 Å². The number of fused-ring (bicyclic) bond motifs is 1. The number of aryl methyl sites for hydroxylation is 1. The third-order valence-corrected chi connectivity index (χ3v) is 9.38. The first-order valence-electron chi connectivity index (χ1n) is 13.3. The fourth-order valence-corrected chi connectivity index (χ4v) is 6.79. The molecule has 1 aliphatic rings. The van der Waals surface area contributed by atoms with Gasteiger partial charge in [-0.05, 0) is 88.2 Å². The molecular weight excluding hydrogens is 599 g/mol. The average Bonchev–Trinajstić information content (AvgIpc) is 3.39. The zero-order chi connectivity index (χ0) is 29.6. The molecule has 1 amide bonds. The lowest BCUT2D eigenvalue weighted by Crippen LogP contribution is -2.43. The molecule has 0 bridgehead atoms. The third-order valence-electron chi connectivity index (χ3n) is 7.41. The van der Waals surface area contributed by atoms with Crippen molar-refractivity contribution in [2.45, 2.75) is 40.7 Å². The fourth-order valence-electron chi connectivity index (χ4n) is 5.33. The van der Waals surface area contributed by atoms with E-state index in [1.807, 2.05) is 71.0 Å². The zero-order valence-electron chi connectivity index (χ0n) is 23.3. The van der Waals surface area contributed by atoms with Crippen LogP contribution in [-0.4, -0.2) is 33.0 Å². The number of likely N-dealkylation sites (N-methyl/N-ethyl adjacent to an activating group) is 1. The van der Waals surface area contributed by atoms with Crippen LogP contribution >= 0.6 is 46.1 Å². The number of thiazole rings is 1. The van der Waals surface area contributed by atoms with Crippen molar-refractivity contribution in [3.05, 3.63) is 117 Å². The highest BCUT2D eigenvalue weighted by Gasteiger charge is 2.34. The Labute approximate surface area is 257 Å². The normalized spacial score (nSPS) is 15.2. The number of hydrogen-bond acceptors (Lipinski definition) is 4. The second kappa shape index (κ2) is 11.6. The van der Waals surface area contributed by atoms with Crippen LogP contribution in [0.4, 0.5) is 0 Å². The molecule has 2 aromatic carbocycles. The molecule has 1 atom stereocenters. The van der Waals surface area contributed by atoms with E-state index in [0.717, 1.165) is 28.2 Å². The molecule has 0 saturated carbocycles. The van der Waals surface area contributed by atoms with Gasteiger partial charge in [0, 0.05) is 35.2 Å². The molecule has 0 radical (unpaired) electrons. The van der Waals surface area contributed by atoms with Gasteiger partial charge in [-0.3, -0.25) is 14.2 Å². The Balaban J connectivity index is 1.69. The van der Waals surface area contributed by atoms with Crippen molar-refractivity contribution in [2.24, 2.45) is 4.99 Å². The first-order valence-corrected chi connectivity index (χ1v) is 15.2. The van der Waals surface area contributed by atoms with Gasteiger partial charge in [-0.15, -0.1) is 0 Å². The Bertz CT molecular complexity index is 1880. The van der Waals surface area contributed by atoms with Crippen molar-refractivity contribution < 1.29 is 4.79 Å². The molecule has 0 fully saturated rings. The van der Waals surface area contributed by atoms with Crippen molar-refractivity contribution in [1.82, 2.24) is 14.0 Å². The minimum absolute atomic E-state index is 0.129. The van der Waals surface area contributed by atoms with Gasteiger partial charge in [-0.2, -0.15) is 0 Å². The predicted octanol–water partition coefficient (Wildman–Crippen LogP) is 6.47. The van der Waals surface area contributed by atoms with E-state index in [0.29, 0.717) is 48.8 Å². The maximum Gasteiger partial charge on any atom is 0.271 e. The second-order valence-electron chi connectivity index (χ2n) is 9.87. The van der Waals surface area contributed by atoms with Crippen LogP contribution in [0.1, 0.15) is 49.3 Å². The maximum absolute atomic E-state index is 14.1. The van der Waals surface area contributed by atoms with Gasteiger partial charge in [-0.25, -0.2) is 4.99 Å². The van der Waals surface area contributed by atoms with E-state index in [-0.39, 0.29) is 11.5 Å². The Morgan fingerprint density at radius 2 is 1.68 bits per heavy atom. The van der Waals surface area contributed by atoms with Gasteiger partial charge in [0.1, 0.15) is 0 Å². The van der Waals surface area contributed by atoms with E-state index >= 15 is 0 Å². The van der Waals surface area contributed by atoms with E-state index in [1.54, 1.807) is 27.7 Å². The van der Waals surface area contributed by atoms with Crippen molar-refractivity contribution in [3.63, 3.8) is 0 Å². The number of allylic oxidation sites excluding steroid dienone is 1. The largest absolute Gasteiger partial charge is 0.339 e. The molecule has 1 aliphatic heterocycles. The van der Waals surface area contributed by atoms with Crippen molar-refractivity contribution in [1.29, 1.82) is 0 Å². The highest BCUT2D eigenvalue weighted by Crippen LogP contribution is 2.32. The van der Waals surface area contributed by atoms with E-state index in [2.05, 4.69) is 4.57 Å². The molecule has 2 aromatic heterocycles. The molecule has 3 heterocycles. The van der Waals surface area contributed by atoms with Gasteiger partial charge in [0.25, 0.3) is 11.5 Å². The molecule has 41 heavy (non-hydrogen) atoms. The maximum atomic E-state index is 14.1. The summed E-state index contributed by atoms with van der Waals surface area (Å²) >= 11 is 19.9. The Kier molecular flexibility index (Phi) is 8.35. The lowest BCUT2D eigenvalue weighted by Gasteiger charge is -2.29.